The van der Waals surface area contributed by atoms with Crippen LogP contribution < -0.4 is 19.6 Å². The van der Waals surface area contributed by atoms with Crippen molar-refractivity contribution < 1.29 is 23.4 Å². The van der Waals surface area contributed by atoms with Gasteiger partial charge in [-0.05, 0) is 56.0 Å². The minimum Gasteiger partial charge on any atom is -0.493 e. The van der Waals surface area contributed by atoms with E-state index in [1.165, 1.54) is 0 Å². The second-order valence-corrected chi connectivity index (χ2v) is 7.81. The normalized spacial score (nSPS) is 20.2. The molecule has 1 aromatic heterocycles. The van der Waals surface area contributed by atoms with Gasteiger partial charge < -0.3 is 23.4 Å². The molecule has 1 fully saturated rings. The Bertz CT molecular complexity index is 1180. The molecule has 2 unspecified atom stereocenters. The maximum atomic E-state index is 13.5. The molecule has 1 saturated heterocycles. The van der Waals surface area contributed by atoms with Crippen molar-refractivity contribution in [3.05, 3.63) is 51.9 Å². The van der Waals surface area contributed by atoms with Crippen molar-refractivity contribution in [1.82, 2.24) is 0 Å². The summed E-state index contributed by atoms with van der Waals surface area (Å²) in [5, 5.41) is 0.558. The molecule has 0 amide bonds. The Morgan fingerprint density at radius 3 is 2.70 bits per heavy atom. The van der Waals surface area contributed by atoms with Gasteiger partial charge in [-0.3, -0.25) is 4.79 Å². The minimum atomic E-state index is -0.206. The smallest absolute Gasteiger partial charge is 0.202 e. The monoisotopic (exact) mass is 408 g/mol. The lowest BCUT2D eigenvalue weighted by molar-refractivity contribution is -0.148. The highest BCUT2D eigenvalue weighted by Crippen LogP contribution is 2.40. The van der Waals surface area contributed by atoms with Crippen LogP contribution >= 0.6 is 0 Å². The molecule has 2 aromatic carbocycles. The molecule has 6 heteroatoms. The van der Waals surface area contributed by atoms with E-state index in [9.17, 15) is 4.79 Å². The zero-order valence-corrected chi connectivity index (χ0v) is 17.3. The Labute approximate surface area is 174 Å². The van der Waals surface area contributed by atoms with Gasteiger partial charge in [-0.1, -0.05) is 6.07 Å². The minimum absolute atomic E-state index is 0.0641. The number of hydrogen-bond acceptors (Lipinski definition) is 6. The van der Waals surface area contributed by atoms with E-state index in [0.717, 1.165) is 42.7 Å². The van der Waals surface area contributed by atoms with E-state index in [4.69, 9.17) is 23.4 Å². The van der Waals surface area contributed by atoms with Gasteiger partial charge in [0.25, 0.3) is 0 Å². The molecule has 6 nitrogen and oxygen atoms in total. The molecule has 2 aliphatic rings. The average molecular weight is 408 g/mol. The second kappa shape index (κ2) is 7.36. The van der Waals surface area contributed by atoms with Crippen LogP contribution in [0.4, 0.5) is 0 Å². The first-order chi connectivity index (χ1) is 14.6. The summed E-state index contributed by atoms with van der Waals surface area (Å²) in [5.74, 6) is 2.77. The fourth-order valence-corrected chi connectivity index (χ4v) is 4.57. The molecule has 2 atom stereocenters. The van der Waals surface area contributed by atoms with E-state index in [-0.39, 0.29) is 17.6 Å². The van der Waals surface area contributed by atoms with Crippen LogP contribution in [0.3, 0.4) is 0 Å². The molecule has 30 heavy (non-hydrogen) atoms. The quantitative estimate of drug-likeness (QED) is 0.637. The van der Waals surface area contributed by atoms with Crippen molar-refractivity contribution in [3.8, 4) is 28.4 Å². The van der Waals surface area contributed by atoms with Crippen LogP contribution in [0.1, 0.15) is 24.2 Å². The second-order valence-electron chi connectivity index (χ2n) is 7.81. The lowest BCUT2D eigenvalue weighted by Gasteiger charge is -2.36. The fourth-order valence-electron chi connectivity index (χ4n) is 4.57. The average Bonchev–Trinajstić information content (AvgIpc) is 2.77. The highest BCUT2D eigenvalue weighted by molar-refractivity contribution is 5.87. The van der Waals surface area contributed by atoms with Gasteiger partial charge in [0.05, 0.1) is 31.8 Å². The summed E-state index contributed by atoms with van der Waals surface area (Å²) in [5.41, 5.74) is 2.77. The molecule has 0 spiro atoms. The molecular weight excluding hydrogens is 384 g/mol. The Morgan fingerprint density at radius 1 is 1.07 bits per heavy atom. The number of rotatable bonds is 3. The summed E-state index contributed by atoms with van der Waals surface area (Å²) in [4.78, 5) is 13.5. The van der Waals surface area contributed by atoms with E-state index >= 15 is 0 Å². The molecule has 0 N–H and O–H groups in total. The SMILES string of the molecule is COc1ccc(-c2c(C)oc3c4c(ccc3c2=O)OC2OCCCC2C4)cc1OC. The van der Waals surface area contributed by atoms with Gasteiger partial charge in [-0.25, -0.2) is 0 Å². The number of ether oxygens (including phenoxy) is 4. The molecule has 0 bridgehead atoms. The first-order valence-electron chi connectivity index (χ1n) is 10.2. The van der Waals surface area contributed by atoms with Crippen LogP contribution in [0.2, 0.25) is 0 Å². The molecular formula is C24H24O6. The first-order valence-corrected chi connectivity index (χ1v) is 10.2. The van der Waals surface area contributed by atoms with Gasteiger partial charge in [-0.15, -0.1) is 0 Å². The molecule has 156 valence electrons. The zero-order chi connectivity index (χ0) is 20.8. The Balaban J connectivity index is 1.66. The van der Waals surface area contributed by atoms with Gasteiger partial charge in [0.15, 0.2) is 11.5 Å². The molecule has 5 rings (SSSR count). The standard InChI is InChI=1S/C24H24O6/c1-13-21(14-6-8-19(26-2)20(12-14)27-3)22(25)16-7-9-18-17(23(16)29-13)11-15-5-4-10-28-24(15)30-18/h6-9,12,15,24H,4-5,10-11H2,1-3H3. The fraction of sp³-hybridized carbons (Fsp3) is 0.375. The molecule has 2 aliphatic heterocycles. The van der Waals surface area contributed by atoms with Crippen molar-refractivity contribution in [2.24, 2.45) is 5.92 Å². The van der Waals surface area contributed by atoms with E-state index < -0.39 is 0 Å². The summed E-state index contributed by atoms with van der Waals surface area (Å²) in [6.07, 6.45) is 2.66. The lowest BCUT2D eigenvalue weighted by atomic mass is 9.89. The van der Waals surface area contributed by atoms with Crippen molar-refractivity contribution in [3.63, 3.8) is 0 Å². The van der Waals surface area contributed by atoms with Crippen LogP contribution in [0.25, 0.3) is 22.1 Å². The summed E-state index contributed by atoms with van der Waals surface area (Å²) in [6.45, 7) is 2.55. The van der Waals surface area contributed by atoms with E-state index in [1.54, 1.807) is 32.4 Å². The highest BCUT2D eigenvalue weighted by Gasteiger charge is 2.35. The van der Waals surface area contributed by atoms with Crippen LogP contribution in [0.5, 0.6) is 17.2 Å². The maximum absolute atomic E-state index is 13.5. The largest absolute Gasteiger partial charge is 0.493 e. The van der Waals surface area contributed by atoms with Gasteiger partial charge in [0.2, 0.25) is 11.7 Å². The molecule has 0 aliphatic carbocycles. The van der Waals surface area contributed by atoms with E-state index in [0.29, 0.717) is 33.8 Å². The highest BCUT2D eigenvalue weighted by atomic mass is 16.7. The summed E-state index contributed by atoms with van der Waals surface area (Å²) >= 11 is 0. The van der Waals surface area contributed by atoms with E-state index in [2.05, 4.69) is 0 Å². The lowest BCUT2D eigenvalue weighted by Crippen LogP contribution is -2.38. The molecule has 3 heterocycles. The third kappa shape index (κ3) is 2.94. The molecule has 0 saturated carbocycles. The number of hydrogen-bond donors (Lipinski definition) is 0. The zero-order valence-electron chi connectivity index (χ0n) is 17.3. The van der Waals surface area contributed by atoms with Crippen molar-refractivity contribution in [2.75, 3.05) is 20.8 Å². The number of fused-ring (bicyclic) bond motifs is 4. The Morgan fingerprint density at radius 2 is 1.90 bits per heavy atom. The molecule has 0 radical (unpaired) electrons. The third-order valence-electron chi connectivity index (χ3n) is 6.06. The Hall–Kier alpha value is -2.99. The van der Waals surface area contributed by atoms with Crippen LogP contribution in [0.15, 0.2) is 39.5 Å². The maximum Gasteiger partial charge on any atom is 0.202 e. The number of aryl methyl sites for hydroxylation is 1. The van der Waals surface area contributed by atoms with Gasteiger partial charge >= 0.3 is 0 Å². The number of benzene rings is 2. The summed E-state index contributed by atoms with van der Waals surface area (Å²) in [7, 11) is 3.16. The van der Waals surface area contributed by atoms with Crippen molar-refractivity contribution in [1.29, 1.82) is 0 Å². The van der Waals surface area contributed by atoms with Gasteiger partial charge in [0.1, 0.15) is 17.1 Å². The van der Waals surface area contributed by atoms with Crippen molar-refractivity contribution >= 4 is 11.0 Å². The summed E-state index contributed by atoms with van der Waals surface area (Å²) in [6, 6.07) is 9.08. The Kier molecular flexibility index (Phi) is 4.66. The van der Waals surface area contributed by atoms with Crippen molar-refractivity contribution in [2.45, 2.75) is 32.5 Å². The number of methoxy groups -OCH3 is 2. The van der Waals surface area contributed by atoms with E-state index in [1.807, 2.05) is 19.1 Å². The predicted molar refractivity (Wildman–Crippen MR) is 113 cm³/mol. The summed E-state index contributed by atoms with van der Waals surface area (Å²) < 4.78 is 28.8. The van der Waals surface area contributed by atoms with Crippen LogP contribution in [-0.2, 0) is 11.2 Å². The van der Waals surface area contributed by atoms with Crippen LogP contribution in [0, 0.1) is 12.8 Å². The third-order valence-corrected chi connectivity index (χ3v) is 6.06. The first kappa shape index (κ1) is 19.0. The van der Waals surface area contributed by atoms with Crippen LogP contribution in [-0.4, -0.2) is 27.1 Å². The van der Waals surface area contributed by atoms with Gasteiger partial charge in [-0.2, -0.15) is 0 Å². The predicted octanol–water partition coefficient (Wildman–Crippen LogP) is 4.47. The topological polar surface area (TPSA) is 67.1 Å². The molecule has 3 aromatic rings. The van der Waals surface area contributed by atoms with Gasteiger partial charge in [0, 0.05) is 11.5 Å².